The van der Waals surface area contributed by atoms with Crippen molar-refractivity contribution >= 4 is 50.9 Å². The van der Waals surface area contributed by atoms with Crippen LogP contribution in [0.4, 0.5) is 10.5 Å². The maximum atomic E-state index is 12.7. The Morgan fingerprint density at radius 3 is 2.48 bits per heavy atom. The number of hydrogen-bond donors (Lipinski definition) is 2. The second-order valence-electron chi connectivity index (χ2n) is 7.59. The van der Waals surface area contributed by atoms with Gasteiger partial charge >= 0.3 is 6.09 Å². The van der Waals surface area contributed by atoms with E-state index in [1.807, 2.05) is 6.92 Å². The smallest absolute Gasteiger partial charge is 0.399 e. The molecule has 0 aliphatic carbocycles. The van der Waals surface area contributed by atoms with Crippen LogP contribution in [-0.2, 0) is 9.53 Å². The Kier molecular flexibility index (Phi) is 7.34. The van der Waals surface area contributed by atoms with Gasteiger partial charge in [-0.15, -0.1) is 0 Å². The number of ether oxygens (including phenoxy) is 2. The van der Waals surface area contributed by atoms with Crippen molar-refractivity contribution in [2.75, 3.05) is 31.6 Å². The molecule has 2 aromatic rings. The molecule has 31 heavy (non-hydrogen) atoms. The molecule has 0 spiro atoms. The van der Waals surface area contributed by atoms with Gasteiger partial charge in [-0.1, -0.05) is 11.3 Å². The monoisotopic (exact) mass is 509 g/mol. The summed E-state index contributed by atoms with van der Waals surface area (Å²) in [5, 5.41) is 5.76. The molecule has 1 aromatic carbocycles. The largest absolute Gasteiger partial charge is 0.414 e. The van der Waals surface area contributed by atoms with Crippen molar-refractivity contribution in [2.24, 2.45) is 0 Å². The third-order valence-corrected chi connectivity index (χ3v) is 6.24. The Morgan fingerprint density at radius 2 is 1.87 bits per heavy atom. The molecule has 1 fully saturated rings. The topological polar surface area (TPSA) is 97.0 Å². The van der Waals surface area contributed by atoms with Gasteiger partial charge in [0.05, 0.1) is 17.0 Å². The molecule has 8 nitrogen and oxygen atoms in total. The van der Waals surface area contributed by atoms with Gasteiger partial charge in [-0.3, -0.25) is 9.59 Å². The van der Waals surface area contributed by atoms with Gasteiger partial charge in [-0.2, -0.15) is 0 Å². The van der Waals surface area contributed by atoms with Crippen molar-refractivity contribution in [3.8, 4) is 5.06 Å². The van der Waals surface area contributed by atoms with Crippen LogP contribution in [0.3, 0.4) is 0 Å². The summed E-state index contributed by atoms with van der Waals surface area (Å²) in [5.74, 6) is -0.466. The highest BCUT2D eigenvalue weighted by Crippen LogP contribution is 2.28. The zero-order chi connectivity index (χ0) is 22.6. The third kappa shape index (κ3) is 6.05. The molecule has 2 heterocycles. The number of amides is 3. The predicted octanol–water partition coefficient (Wildman–Crippen LogP) is 3.80. The summed E-state index contributed by atoms with van der Waals surface area (Å²) in [6.45, 7) is 7.18. The number of morpholine rings is 1. The molecule has 0 bridgehead atoms. The Labute approximate surface area is 193 Å². The van der Waals surface area contributed by atoms with E-state index in [-0.39, 0.29) is 5.91 Å². The van der Waals surface area contributed by atoms with Crippen molar-refractivity contribution in [1.82, 2.24) is 10.2 Å². The summed E-state index contributed by atoms with van der Waals surface area (Å²) in [6, 6.07) is 8.54. The number of halogens is 1. The highest BCUT2D eigenvalue weighted by atomic mass is 79.9. The van der Waals surface area contributed by atoms with Crippen LogP contribution in [-0.4, -0.2) is 54.6 Å². The average molecular weight is 510 g/mol. The van der Waals surface area contributed by atoms with Crippen molar-refractivity contribution in [3.63, 3.8) is 0 Å². The summed E-state index contributed by atoms with van der Waals surface area (Å²) in [4.78, 5) is 39.3. The number of anilines is 1. The zero-order valence-corrected chi connectivity index (χ0v) is 19.9. The lowest BCUT2D eigenvalue weighted by Crippen LogP contribution is -2.53. The van der Waals surface area contributed by atoms with Gasteiger partial charge in [0.15, 0.2) is 5.06 Å². The van der Waals surface area contributed by atoms with E-state index >= 15 is 0 Å². The van der Waals surface area contributed by atoms with E-state index in [0.29, 0.717) is 42.6 Å². The Balaban J connectivity index is 1.61. The summed E-state index contributed by atoms with van der Waals surface area (Å²) in [7, 11) is 0. The molecule has 1 saturated heterocycles. The molecule has 2 N–H and O–H groups in total. The van der Waals surface area contributed by atoms with E-state index < -0.39 is 17.5 Å². The first-order valence-corrected chi connectivity index (χ1v) is 11.3. The fraction of sp³-hybridized carbons (Fsp3) is 0.381. The van der Waals surface area contributed by atoms with E-state index in [2.05, 4.69) is 26.6 Å². The van der Waals surface area contributed by atoms with E-state index in [1.54, 1.807) is 49.1 Å². The van der Waals surface area contributed by atoms with Crippen LogP contribution in [0.2, 0.25) is 0 Å². The summed E-state index contributed by atoms with van der Waals surface area (Å²) >= 11 is 4.56. The SMILES string of the molecule is Cc1cc(NC(=O)C(C)(C)NC(=O)Oc2ccc(Br)s2)ccc1C(=O)N1CCOCC1. The number of nitrogens with one attached hydrogen (secondary N) is 2. The van der Waals surface area contributed by atoms with Crippen LogP contribution in [0, 0.1) is 6.92 Å². The minimum Gasteiger partial charge on any atom is -0.399 e. The first-order valence-electron chi connectivity index (χ1n) is 9.70. The number of carbonyl (C=O) groups excluding carboxylic acids is 3. The van der Waals surface area contributed by atoms with Crippen molar-refractivity contribution in [2.45, 2.75) is 26.3 Å². The van der Waals surface area contributed by atoms with E-state index in [9.17, 15) is 14.4 Å². The van der Waals surface area contributed by atoms with Gasteiger partial charge in [-0.05, 0) is 72.6 Å². The zero-order valence-electron chi connectivity index (χ0n) is 17.5. The summed E-state index contributed by atoms with van der Waals surface area (Å²) in [5.41, 5.74) is 0.652. The summed E-state index contributed by atoms with van der Waals surface area (Å²) in [6.07, 6.45) is -0.725. The predicted molar refractivity (Wildman–Crippen MR) is 122 cm³/mol. The molecular weight excluding hydrogens is 486 g/mol. The van der Waals surface area contributed by atoms with Crippen LogP contribution >= 0.6 is 27.3 Å². The molecule has 166 valence electrons. The molecule has 1 aliphatic heterocycles. The number of aryl methyl sites for hydroxylation is 1. The fourth-order valence-corrected chi connectivity index (χ4v) is 4.18. The number of hydrogen-bond acceptors (Lipinski definition) is 6. The molecule has 10 heteroatoms. The second kappa shape index (κ2) is 9.80. The van der Waals surface area contributed by atoms with Gasteiger partial charge in [0.1, 0.15) is 5.54 Å². The molecule has 0 atom stereocenters. The average Bonchev–Trinajstić information content (AvgIpc) is 3.12. The van der Waals surface area contributed by atoms with Gasteiger partial charge in [-0.25, -0.2) is 4.79 Å². The Bertz CT molecular complexity index is 985. The highest BCUT2D eigenvalue weighted by Gasteiger charge is 2.31. The lowest BCUT2D eigenvalue weighted by atomic mass is 10.0. The molecule has 3 rings (SSSR count). The lowest BCUT2D eigenvalue weighted by Gasteiger charge is -2.27. The van der Waals surface area contributed by atoms with Crippen molar-refractivity contribution < 1.29 is 23.9 Å². The summed E-state index contributed by atoms with van der Waals surface area (Å²) < 4.78 is 11.3. The van der Waals surface area contributed by atoms with Gasteiger partial charge < -0.3 is 25.0 Å². The quantitative estimate of drug-likeness (QED) is 0.638. The molecule has 1 aliphatic rings. The Hall–Kier alpha value is -2.43. The minimum absolute atomic E-state index is 0.0522. The van der Waals surface area contributed by atoms with E-state index in [0.717, 1.165) is 9.35 Å². The number of benzene rings is 1. The molecule has 0 unspecified atom stereocenters. The Morgan fingerprint density at radius 1 is 1.16 bits per heavy atom. The normalized spacial score (nSPS) is 14.1. The lowest BCUT2D eigenvalue weighted by molar-refractivity contribution is -0.121. The van der Waals surface area contributed by atoms with Crippen LogP contribution in [0.5, 0.6) is 5.06 Å². The number of rotatable bonds is 5. The number of nitrogens with zero attached hydrogens (tertiary/aromatic N) is 1. The molecule has 1 aromatic heterocycles. The fourth-order valence-electron chi connectivity index (χ4n) is 2.99. The molecule has 3 amide bonds. The highest BCUT2D eigenvalue weighted by molar-refractivity contribution is 9.11. The van der Waals surface area contributed by atoms with E-state index in [1.165, 1.54) is 11.3 Å². The molecular formula is C21H24BrN3O5S. The van der Waals surface area contributed by atoms with Crippen molar-refractivity contribution in [3.05, 3.63) is 45.2 Å². The maximum absolute atomic E-state index is 12.7. The van der Waals surface area contributed by atoms with Gasteiger partial charge in [0, 0.05) is 24.3 Å². The third-order valence-electron chi connectivity index (χ3n) is 4.74. The van der Waals surface area contributed by atoms with Gasteiger partial charge in [0.25, 0.3) is 5.91 Å². The van der Waals surface area contributed by atoms with Gasteiger partial charge in [0.2, 0.25) is 5.91 Å². The van der Waals surface area contributed by atoms with Crippen LogP contribution in [0.15, 0.2) is 34.1 Å². The first-order chi connectivity index (χ1) is 14.7. The first kappa shape index (κ1) is 23.2. The molecule has 0 saturated carbocycles. The van der Waals surface area contributed by atoms with Crippen molar-refractivity contribution in [1.29, 1.82) is 0 Å². The molecule has 0 radical (unpaired) electrons. The van der Waals surface area contributed by atoms with E-state index in [4.69, 9.17) is 9.47 Å². The maximum Gasteiger partial charge on any atom is 0.414 e. The minimum atomic E-state index is -1.22. The standard InChI is InChI=1S/C21H24BrN3O5S/c1-13-12-14(4-5-15(13)18(26)25-8-10-29-11-9-25)23-19(27)21(2,3)24-20(28)30-17-7-6-16(22)31-17/h4-7,12H,8-11H2,1-3H3,(H,23,27)(H,24,28). The van der Waals surface area contributed by atoms with Crippen LogP contribution in [0.25, 0.3) is 0 Å². The second-order valence-corrected chi connectivity index (χ2v) is 10.0. The van der Waals surface area contributed by atoms with Crippen LogP contribution in [0.1, 0.15) is 29.8 Å². The van der Waals surface area contributed by atoms with Crippen LogP contribution < -0.4 is 15.4 Å². The number of carbonyl (C=O) groups is 3. The number of thiophene rings is 1.